The van der Waals surface area contributed by atoms with Crippen LogP contribution in [-0.2, 0) is 0 Å². The monoisotopic (exact) mass is 277 g/mol. The average molecular weight is 277 g/mol. The number of hydrogen-bond donors (Lipinski definition) is 1. The molecular formula is C15H27N5. The van der Waals surface area contributed by atoms with E-state index in [4.69, 9.17) is 4.98 Å². The van der Waals surface area contributed by atoms with Gasteiger partial charge in [-0.15, -0.1) is 0 Å². The van der Waals surface area contributed by atoms with Gasteiger partial charge in [0.15, 0.2) is 0 Å². The first kappa shape index (κ1) is 15.0. The molecule has 1 saturated heterocycles. The highest BCUT2D eigenvalue weighted by Gasteiger charge is 2.18. The van der Waals surface area contributed by atoms with E-state index in [1.807, 2.05) is 0 Å². The van der Waals surface area contributed by atoms with Crippen molar-refractivity contribution in [3.63, 3.8) is 0 Å². The quantitative estimate of drug-likeness (QED) is 0.893. The molecule has 1 aromatic heterocycles. The molecule has 1 fully saturated rings. The van der Waals surface area contributed by atoms with Crippen LogP contribution in [0.2, 0.25) is 0 Å². The van der Waals surface area contributed by atoms with E-state index in [2.05, 4.69) is 54.0 Å². The maximum absolute atomic E-state index is 4.75. The van der Waals surface area contributed by atoms with Crippen molar-refractivity contribution >= 4 is 11.8 Å². The fourth-order valence-electron chi connectivity index (χ4n) is 2.24. The molecule has 0 bridgehead atoms. The van der Waals surface area contributed by atoms with Crippen molar-refractivity contribution in [2.45, 2.75) is 33.1 Å². The van der Waals surface area contributed by atoms with E-state index in [0.29, 0.717) is 5.92 Å². The van der Waals surface area contributed by atoms with E-state index in [0.717, 1.165) is 56.6 Å². The first-order valence-corrected chi connectivity index (χ1v) is 7.66. The molecule has 2 rings (SSSR count). The molecule has 1 aliphatic heterocycles. The molecule has 0 amide bonds. The molecular weight excluding hydrogens is 250 g/mol. The molecule has 5 nitrogen and oxygen atoms in total. The molecule has 0 saturated carbocycles. The molecule has 1 aromatic rings. The van der Waals surface area contributed by atoms with Gasteiger partial charge in [-0.05, 0) is 19.4 Å². The smallest absolute Gasteiger partial charge is 0.227 e. The highest BCUT2D eigenvalue weighted by Crippen LogP contribution is 2.20. The van der Waals surface area contributed by atoms with Crippen LogP contribution >= 0.6 is 0 Å². The van der Waals surface area contributed by atoms with Gasteiger partial charge < -0.3 is 15.1 Å². The van der Waals surface area contributed by atoms with Crippen molar-refractivity contribution in [1.82, 2.24) is 14.9 Å². The van der Waals surface area contributed by atoms with Crippen LogP contribution in [0.5, 0.6) is 0 Å². The van der Waals surface area contributed by atoms with Gasteiger partial charge in [-0.3, -0.25) is 0 Å². The largest absolute Gasteiger partial charge is 0.370 e. The number of anilines is 2. The van der Waals surface area contributed by atoms with Crippen LogP contribution in [0.1, 0.15) is 38.8 Å². The van der Waals surface area contributed by atoms with Gasteiger partial charge in [-0.1, -0.05) is 20.8 Å². The molecule has 0 spiro atoms. The number of nitrogens with one attached hydrogen (secondary N) is 1. The Hall–Kier alpha value is -1.36. The van der Waals surface area contributed by atoms with Gasteiger partial charge in [-0.2, -0.15) is 4.98 Å². The van der Waals surface area contributed by atoms with Crippen LogP contribution < -0.4 is 10.2 Å². The second-order valence-electron chi connectivity index (χ2n) is 5.85. The standard InChI is InChI=1S/C15H27N5/c1-5-6-16-14-11-13(12(2)3)17-15(18-14)20-9-7-19(4)8-10-20/h11-12H,5-10H2,1-4H3,(H,16,17,18). The van der Waals surface area contributed by atoms with Gasteiger partial charge in [0.05, 0.1) is 5.69 Å². The van der Waals surface area contributed by atoms with Crippen molar-refractivity contribution < 1.29 is 0 Å². The lowest BCUT2D eigenvalue weighted by atomic mass is 10.1. The van der Waals surface area contributed by atoms with E-state index in [9.17, 15) is 0 Å². The first-order chi connectivity index (χ1) is 9.60. The third-order valence-corrected chi connectivity index (χ3v) is 3.67. The maximum atomic E-state index is 4.75. The summed E-state index contributed by atoms with van der Waals surface area (Å²) in [4.78, 5) is 14.1. The molecule has 2 heterocycles. The van der Waals surface area contributed by atoms with Gasteiger partial charge in [-0.25, -0.2) is 4.98 Å². The predicted molar refractivity (Wildman–Crippen MR) is 84.6 cm³/mol. The molecule has 0 atom stereocenters. The van der Waals surface area contributed by atoms with E-state index in [1.165, 1.54) is 0 Å². The summed E-state index contributed by atoms with van der Waals surface area (Å²) in [5.74, 6) is 2.26. The molecule has 0 aliphatic carbocycles. The lowest BCUT2D eigenvalue weighted by Crippen LogP contribution is -2.45. The minimum absolute atomic E-state index is 0.423. The second kappa shape index (κ2) is 6.88. The Labute approximate surface area is 122 Å². The van der Waals surface area contributed by atoms with Crippen molar-refractivity contribution in [2.24, 2.45) is 0 Å². The van der Waals surface area contributed by atoms with Crippen molar-refractivity contribution in [3.8, 4) is 0 Å². The molecule has 112 valence electrons. The van der Waals surface area contributed by atoms with Gasteiger partial charge in [0, 0.05) is 38.8 Å². The summed E-state index contributed by atoms with van der Waals surface area (Å²) in [6.45, 7) is 11.6. The van der Waals surface area contributed by atoms with Crippen LogP contribution in [0.4, 0.5) is 11.8 Å². The zero-order valence-corrected chi connectivity index (χ0v) is 13.2. The van der Waals surface area contributed by atoms with Crippen LogP contribution in [0.25, 0.3) is 0 Å². The first-order valence-electron chi connectivity index (χ1n) is 7.66. The molecule has 0 radical (unpaired) electrons. The maximum Gasteiger partial charge on any atom is 0.227 e. The van der Waals surface area contributed by atoms with E-state index >= 15 is 0 Å². The number of rotatable bonds is 5. The van der Waals surface area contributed by atoms with Crippen molar-refractivity contribution in [1.29, 1.82) is 0 Å². The lowest BCUT2D eigenvalue weighted by Gasteiger charge is -2.32. The number of aromatic nitrogens is 2. The molecule has 1 N–H and O–H groups in total. The Morgan fingerprint density at radius 3 is 2.50 bits per heavy atom. The Balaban J connectivity index is 2.19. The fourth-order valence-corrected chi connectivity index (χ4v) is 2.24. The summed E-state index contributed by atoms with van der Waals surface area (Å²) in [6.07, 6.45) is 1.10. The van der Waals surface area contributed by atoms with Crippen molar-refractivity contribution in [2.75, 3.05) is 50.0 Å². The summed E-state index contributed by atoms with van der Waals surface area (Å²) in [7, 11) is 2.16. The molecule has 0 aromatic carbocycles. The zero-order chi connectivity index (χ0) is 14.5. The molecule has 0 unspecified atom stereocenters. The van der Waals surface area contributed by atoms with E-state index in [1.54, 1.807) is 0 Å². The summed E-state index contributed by atoms with van der Waals surface area (Å²) in [6, 6.07) is 2.08. The Bertz CT molecular complexity index is 424. The Morgan fingerprint density at radius 1 is 1.20 bits per heavy atom. The molecule has 20 heavy (non-hydrogen) atoms. The Kier molecular flexibility index (Phi) is 5.17. The molecule has 5 heteroatoms. The third-order valence-electron chi connectivity index (χ3n) is 3.67. The molecule has 1 aliphatic rings. The zero-order valence-electron chi connectivity index (χ0n) is 13.2. The number of nitrogens with zero attached hydrogens (tertiary/aromatic N) is 4. The van der Waals surface area contributed by atoms with Crippen molar-refractivity contribution in [3.05, 3.63) is 11.8 Å². The van der Waals surface area contributed by atoms with Gasteiger partial charge in [0.1, 0.15) is 5.82 Å². The van der Waals surface area contributed by atoms with Gasteiger partial charge in [0.2, 0.25) is 5.95 Å². The van der Waals surface area contributed by atoms with Crippen LogP contribution in [0, 0.1) is 0 Å². The minimum atomic E-state index is 0.423. The topological polar surface area (TPSA) is 44.3 Å². The van der Waals surface area contributed by atoms with Crippen LogP contribution in [0.15, 0.2) is 6.07 Å². The third kappa shape index (κ3) is 3.82. The summed E-state index contributed by atoms with van der Waals surface area (Å²) >= 11 is 0. The lowest BCUT2D eigenvalue weighted by molar-refractivity contribution is 0.311. The summed E-state index contributed by atoms with van der Waals surface area (Å²) in [5, 5.41) is 3.39. The summed E-state index contributed by atoms with van der Waals surface area (Å²) in [5.41, 5.74) is 1.12. The predicted octanol–water partition coefficient (Wildman–Crippen LogP) is 2.17. The second-order valence-corrected chi connectivity index (χ2v) is 5.85. The van der Waals surface area contributed by atoms with Gasteiger partial charge >= 0.3 is 0 Å². The minimum Gasteiger partial charge on any atom is -0.370 e. The Morgan fingerprint density at radius 2 is 1.90 bits per heavy atom. The average Bonchev–Trinajstić information content (AvgIpc) is 2.45. The van der Waals surface area contributed by atoms with E-state index in [-0.39, 0.29) is 0 Å². The highest BCUT2D eigenvalue weighted by molar-refractivity contribution is 5.44. The number of likely N-dealkylation sites (N-methyl/N-ethyl adjacent to an activating group) is 1. The highest BCUT2D eigenvalue weighted by atomic mass is 15.3. The van der Waals surface area contributed by atoms with Crippen LogP contribution in [-0.4, -0.2) is 54.6 Å². The fraction of sp³-hybridized carbons (Fsp3) is 0.733. The summed E-state index contributed by atoms with van der Waals surface area (Å²) < 4.78 is 0. The van der Waals surface area contributed by atoms with E-state index < -0.39 is 0 Å². The van der Waals surface area contributed by atoms with Crippen LogP contribution in [0.3, 0.4) is 0 Å². The SMILES string of the molecule is CCCNc1cc(C(C)C)nc(N2CCN(C)CC2)n1. The number of piperazine rings is 1. The number of hydrogen-bond acceptors (Lipinski definition) is 5. The normalized spacial score (nSPS) is 16.8. The van der Waals surface area contributed by atoms with Gasteiger partial charge in [0.25, 0.3) is 0 Å².